The van der Waals surface area contributed by atoms with Crippen LogP contribution in [0.5, 0.6) is 0 Å². The summed E-state index contributed by atoms with van der Waals surface area (Å²) in [4.78, 5) is 15.8. The lowest BCUT2D eigenvalue weighted by Crippen LogP contribution is -3.13. The van der Waals surface area contributed by atoms with Crippen LogP contribution in [0.25, 0.3) is 11.5 Å². The molecule has 27 heavy (non-hydrogen) atoms. The molecule has 6 nitrogen and oxygen atoms in total. The maximum atomic E-state index is 12.5. The molecular weight excluding hydrogens is 364 g/mol. The maximum Gasteiger partial charge on any atom is 0.271 e. The summed E-state index contributed by atoms with van der Waals surface area (Å²) in [7, 11) is 0. The molecule has 2 aromatic carbocycles. The molecule has 3 aromatic rings. The summed E-state index contributed by atoms with van der Waals surface area (Å²) in [5.41, 5.74) is 1.59. The van der Waals surface area contributed by atoms with Gasteiger partial charge in [-0.1, -0.05) is 29.8 Å². The Labute approximate surface area is 162 Å². The molecule has 1 saturated heterocycles. The molecule has 0 atom stereocenters. The van der Waals surface area contributed by atoms with E-state index < -0.39 is 0 Å². The number of carbonyl (C=O) groups excluding carboxylic acids is 1. The molecule has 1 amide bonds. The second-order valence-electron chi connectivity index (χ2n) is 6.59. The van der Waals surface area contributed by atoms with Crippen molar-refractivity contribution in [2.24, 2.45) is 0 Å². The average molecular weight is 384 g/mol. The topological polar surface area (TPSA) is 63.7 Å². The molecule has 0 bridgehead atoms. The maximum absolute atomic E-state index is 12.5. The van der Waals surface area contributed by atoms with Gasteiger partial charge < -0.3 is 14.2 Å². The number of halogens is 1. The van der Waals surface area contributed by atoms with Gasteiger partial charge in [0.2, 0.25) is 5.89 Å². The van der Waals surface area contributed by atoms with Crippen molar-refractivity contribution >= 4 is 17.5 Å². The average Bonchev–Trinajstić information content (AvgIpc) is 3.18. The number of piperazine rings is 1. The lowest BCUT2D eigenvalue weighted by Gasteiger charge is -2.31. The Kier molecular flexibility index (Phi) is 5.18. The highest BCUT2D eigenvalue weighted by molar-refractivity contribution is 6.30. The van der Waals surface area contributed by atoms with Gasteiger partial charge in [0.1, 0.15) is 0 Å². The molecule has 4 rings (SSSR count). The number of hydrogen-bond donors (Lipinski definition) is 1. The van der Waals surface area contributed by atoms with Gasteiger partial charge in [0.05, 0.1) is 26.2 Å². The van der Waals surface area contributed by atoms with Gasteiger partial charge in [-0.2, -0.15) is 0 Å². The predicted molar refractivity (Wildman–Crippen MR) is 101 cm³/mol. The molecule has 138 valence electrons. The molecule has 0 saturated carbocycles. The van der Waals surface area contributed by atoms with E-state index in [1.807, 2.05) is 47.4 Å². The van der Waals surface area contributed by atoms with Gasteiger partial charge >= 0.3 is 0 Å². The highest BCUT2D eigenvalue weighted by Crippen LogP contribution is 2.19. The van der Waals surface area contributed by atoms with Crippen LogP contribution in [-0.2, 0) is 6.54 Å². The summed E-state index contributed by atoms with van der Waals surface area (Å²) in [6.07, 6.45) is 0. The van der Waals surface area contributed by atoms with Crippen LogP contribution in [0.1, 0.15) is 16.2 Å². The predicted octanol–water partition coefficient (Wildman–Crippen LogP) is 1.93. The fourth-order valence-corrected chi connectivity index (χ4v) is 3.34. The minimum atomic E-state index is 0.0949. The van der Waals surface area contributed by atoms with E-state index in [0.29, 0.717) is 23.3 Å². The van der Waals surface area contributed by atoms with Crippen molar-refractivity contribution in [1.29, 1.82) is 0 Å². The fraction of sp³-hybridized carbons (Fsp3) is 0.250. The second kappa shape index (κ2) is 7.90. The lowest BCUT2D eigenvalue weighted by molar-refractivity contribution is -0.918. The molecule has 2 heterocycles. The first kappa shape index (κ1) is 17.7. The fourth-order valence-electron chi connectivity index (χ4n) is 3.21. The standard InChI is InChI=1S/C20H19ClN4O2/c21-17-8-6-15(7-9-17)19-23-22-18(27-19)14-24-10-12-25(13-11-24)20(26)16-4-2-1-3-5-16/h1-9H,10-14H2/p+1. The third kappa shape index (κ3) is 4.18. The molecule has 1 N–H and O–H groups in total. The second-order valence-corrected chi connectivity index (χ2v) is 7.03. The van der Waals surface area contributed by atoms with Crippen LogP contribution in [0.3, 0.4) is 0 Å². The van der Waals surface area contributed by atoms with Crippen LogP contribution in [0.2, 0.25) is 5.02 Å². The van der Waals surface area contributed by atoms with E-state index in [1.165, 1.54) is 4.90 Å². The van der Waals surface area contributed by atoms with E-state index in [4.69, 9.17) is 16.0 Å². The molecule has 0 unspecified atom stereocenters. The van der Waals surface area contributed by atoms with Gasteiger partial charge in [0, 0.05) is 16.1 Å². The Morgan fingerprint density at radius 1 is 1.04 bits per heavy atom. The van der Waals surface area contributed by atoms with Crippen LogP contribution >= 0.6 is 11.6 Å². The Morgan fingerprint density at radius 3 is 2.44 bits per heavy atom. The smallest absolute Gasteiger partial charge is 0.271 e. The van der Waals surface area contributed by atoms with E-state index >= 15 is 0 Å². The number of amides is 1. The van der Waals surface area contributed by atoms with Crippen molar-refractivity contribution in [3.05, 3.63) is 71.1 Å². The number of rotatable bonds is 4. The van der Waals surface area contributed by atoms with Gasteiger partial charge in [0.15, 0.2) is 6.54 Å². The Morgan fingerprint density at radius 2 is 1.74 bits per heavy atom. The van der Waals surface area contributed by atoms with Crippen molar-refractivity contribution in [1.82, 2.24) is 15.1 Å². The molecule has 1 aliphatic rings. The number of quaternary nitrogens is 1. The van der Waals surface area contributed by atoms with Crippen molar-refractivity contribution < 1.29 is 14.1 Å². The number of hydrogen-bond acceptors (Lipinski definition) is 4. The summed E-state index contributed by atoms with van der Waals surface area (Å²) in [6, 6.07) is 16.7. The van der Waals surface area contributed by atoms with E-state index in [1.54, 1.807) is 12.1 Å². The normalized spacial score (nSPS) is 15.1. The van der Waals surface area contributed by atoms with Crippen LogP contribution in [0, 0.1) is 0 Å². The van der Waals surface area contributed by atoms with Crippen molar-refractivity contribution in [3.63, 3.8) is 0 Å². The van der Waals surface area contributed by atoms with Crippen LogP contribution in [0.15, 0.2) is 59.0 Å². The summed E-state index contributed by atoms with van der Waals surface area (Å²) in [6.45, 7) is 3.82. The quantitative estimate of drug-likeness (QED) is 0.747. The van der Waals surface area contributed by atoms with E-state index in [0.717, 1.165) is 37.3 Å². The third-order valence-corrected chi connectivity index (χ3v) is 4.99. The Hall–Kier alpha value is -2.70. The molecule has 1 fully saturated rings. The highest BCUT2D eigenvalue weighted by atomic mass is 35.5. The molecule has 1 aromatic heterocycles. The zero-order valence-electron chi connectivity index (χ0n) is 14.8. The summed E-state index contributed by atoms with van der Waals surface area (Å²) in [5.74, 6) is 1.20. The molecule has 0 radical (unpaired) electrons. The number of benzene rings is 2. The minimum absolute atomic E-state index is 0.0949. The zero-order chi connectivity index (χ0) is 18.6. The molecular formula is C20H20ClN4O2+. The summed E-state index contributed by atoms with van der Waals surface area (Å²) >= 11 is 5.91. The largest absolute Gasteiger partial charge is 0.415 e. The molecule has 1 aliphatic heterocycles. The Balaban J connectivity index is 1.33. The summed E-state index contributed by atoms with van der Waals surface area (Å²) in [5, 5.41) is 8.96. The van der Waals surface area contributed by atoms with E-state index in [9.17, 15) is 4.79 Å². The van der Waals surface area contributed by atoms with Crippen LogP contribution in [-0.4, -0.2) is 47.2 Å². The number of nitrogens with one attached hydrogen (secondary N) is 1. The van der Waals surface area contributed by atoms with Gasteiger partial charge in [-0.25, -0.2) is 0 Å². The monoisotopic (exact) mass is 383 g/mol. The lowest BCUT2D eigenvalue weighted by atomic mass is 10.2. The van der Waals surface area contributed by atoms with Crippen molar-refractivity contribution in [3.8, 4) is 11.5 Å². The van der Waals surface area contributed by atoms with Crippen molar-refractivity contribution in [2.75, 3.05) is 26.2 Å². The Bertz CT molecular complexity index is 903. The van der Waals surface area contributed by atoms with Gasteiger partial charge in [-0.15, -0.1) is 10.2 Å². The minimum Gasteiger partial charge on any atom is -0.415 e. The molecule has 0 spiro atoms. The number of nitrogens with zero attached hydrogens (tertiary/aromatic N) is 3. The number of aromatic nitrogens is 2. The summed E-state index contributed by atoms with van der Waals surface area (Å²) < 4.78 is 5.79. The molecule has 0 aliphatic carbocycles. The third-order valence-electron chi connectivity index (χ3n) is 4.74. The van der Waals surface area contributed by atoms with Crippen LogP contribution in [0.4, 0.5) is 0 Å². The highest BCUT2D eigenvalue weighted by Gasteiger charge is 2.25. The first-order valence-corrected chi connectivity index (χ1v) is 9.33. The SMILES string of the molecule is O=C(c1ccccc1)N1CC[NH+](Cc2nnc(-c3ccc(Cl)cc3)o2)CC1. The van der Waals surface area contributed by atoms with E-state index in [-0.39, 0.29) is 5.91 Å². The van der Waals surface area contributed by atoms with Gasteiger partial charge in [0.25, 0.3) is 11.8 Å². The first-order valence-electron chi connectivity index (χ1n) is 8.95. The first-order chi connectivity index (χ1) is 13.2. The molecule has 7 heteroatoms. The van der Waals surface area contributed by atoms with Gasteiger partial charge in [-0.3, -0.25) is 4.79 Å². The van der Waals surface area contributed by atoms with Gasteiger partial charge in [-0.05, 0) is 36.4 Å². The zero-order valence-corrected chi connectivity index (χ0v) is 15.5. The number of carbonyl (C=O) groups is 1. The van der Waals surface area contributed by atoms with E-state index in [2.05, 4.69) is 10.2 Å². The van der Waals surface area contributed by atoms with Crippen LogP contribution < -0.4 is 4.90 Å². The van der Waals surface area contributed by atoms with Crippen molar-refractivity contribution in [2.45, 2.75) is 6.54 Å².